The van der Waals surface area contributed by atoms with Crippen LogP contribution in [0.25, 0.3) is 0 Å². The third kappa shape index (κ3) is 3.96. The van der Waals surface area contributed by atoms with Gasteiger partial charge in [0.15, 0.2) is 0 Å². The van der Waals surface area contributed by atoms with E-state index in [0.717, 1.165) is 18.0 Å². The predicted octanol–water partition coefficient (Wildman–Crippen LogP) is 3.42. The monoisotopic (exact) mass is 252 g/mol. The van der Waals surface area contributed by atoms with Crippen LogP contribution in [0.4, 0.5) is 0 Å². The number of rotatable bonds is 5. The highest BCUT2D eigenvalue weighted by Gasteiger charge is 2.25. The molecule has 0 aromatic carbocycles. The van der Waals surface area contributed by atoms with Gasteiger partial charge in [-0.1, -0.05) is 19.8 Å². The molecule has 18 heavy (non-hydrogen) atoms. The van der Waals surface area contributed by atoms with Gasteiger partial charge in [0.25, 0.3) is 0 Å². The summed E-state index contributed by atoms with van der Waals surface area (Å²) < 4.78 is 0. The second-order valence-electron chi connectivity index (χ2n) is 6.82. The zero-order valence-corrected chi connectivity index (χ0v) is 12.6. The van der Waals surface area contributed by atoms with Gasteiger partial charge in [-0.3, -0.25) is 4.90 Å². The Labute approximate surface area is 114 Å². The molecule has 0 saturated heterocycles. The summed E-state index contributed by atoms with van der Waals surface area (Å²) in [5.41, 5.74) is 0. The standard InChI is InChI=1S/C16H32N2/c1-13-8-10-16(11-9-13)18(3)14(2)12-17-15-6-4-5-7-15/h13-17H,4-12H2,1-3H3. The quantitative estimate of drug-likeness (QED) is 0.806. The van der Waals surface area contributed by atoms with Crippen LogP contribution < -0.4 is 5.32 Å². The topological polar surface area (TPSA) is 15.3 Å². The smallest absolute Gasteiger partial charge is 0.0192 e. The number of nitrogens with zero attached hydrogens (tertiary/aromatic N) is 1. The molecule has 0 aromatic rings. The van der Waals surface area contributed by atoms with Crippen LogP contribution in [0, 0.1) is 5.92 Å². The molecule has 0 aliphatic heterocycles. The predicted molar refractivity (Wildman–Crippen MR) is 78.9 cm³/mol. The molecule has 0 radical (unpaired) electrons. The highest BCUT2D eigenvalue weighted by Crippen LogP contribution is 2.27. The van der Waals surface area contributed by atoms with Crippen molar-refractivity contribution in [2.75, 3.05) is 13.6 Å². The summed E-state index contributed by atoms with van der Waals surface area (Å²) in [5, 5.41) is 3.77. The van der Waals surface area contributed by atoms with Crippen molar-refractivity contribution in [2.24, 2.45) is 5.92 Å². The fourth-order valence-corrected chi connectivity index (χ4v) is 3.62. The third-order valence-electron chi connectivity index (χ3n) is 5.31. The molecule has 0 aromatic heterocycles. The minimum absolute atomic E-state index is 0.684. The second-order valence-corrected chi connectivity index (χ2v) is 6.82. The normalized spacial score (nSPS) is 32.0. The van der Waals surface area contributed by atoms with Gasteiger partial charge in [0.1, 0.15) is 0 Å². The van der Waals surface area contributed by atoms with Crippen LogP contribution in [0.2, 0.25) is 0 Å². The van der Waals surface area contributed by atoms with Gasteiger partial charge >= 0.3 is 0 Å². The maximum atomic E-state index is 3.77. The van der Waals surface area contributed by atoms with E-state index < -0.39 is 0 Å². The van der Waals surface area contributed by atoms with Crippen LogP contribution in [-0.4, -0.2) is 36.6 Å². The Bertz CT molecular complexity index is 227. The Morgan fingerprint density at radius 1 is 1.06 bits per heavy atom. The molecular formula is C16H32N2. The summed E-state index contributed by atoms with van der Waals surface area (Å²) in [6.07, 6.45) is 11.3. The van der Waals surface area contributed by atoms with E-state index >= 15 is 0 Å². The first kappa shape index (κ1) is 14.3. The van der Waals surface area contributed by atoms with Crippen LogP contribution in [0.3, 0.4) is 0 Å². The molecule has 1 atom stereocenters. The Balaban J connectivity index is 1.68. The van der Waals surface area contributed by atoms with Gasteiger partial charge in [-0.25, -0.2) is 0 Å². The number of hydrogen-bond donors (Lipinski definition) is 1. The van der Waals surface area contributed by atoms with E-state index in [-0.39, 0.29) is 0 Å². The number of nitrogens with one attached hydrogen (secondary N) is 1. The van der Waals surface area contributed by atoms with Gasteiger partial charge in [0.2, 0.25) is 0 Å². The minimum Gasteiger partial charge on any atom is -0.312 e. The lowest BCUT2D eigenvalue weighted by Gasteiger charge is -2.37. The third-order valence-corrected chi connectivity index (χ3v) is 5.31. The van der Waals surface area contributed by atoms with Crippen LogP contribution in [0.15, 0.2) is 0 Å². The van der Waals surface area contributed by atoms with Gasteiger partial charge in [0.05, 0.1) is 0 Å². The SMILES string of the molecule is CC1CCC(N(C)C(C)CNC2CCCC2)CC1. The largest absolute Gasteiger partial charge is 0.312 e. The summed E-state index contributed by atoms with van der Waals surface area (Å²) in [5.74, 6) is 0.960. The van der Waals surface area contributed by atoms with Gasteiger partial charge in [-0.15, -0.1) is 0 Å². The fraction of sp³-hybridized carbons (Fsp3) is 1.00. The average molecular weight is 252 g/mol. The van der Waals surface area contributed by atoms with Crippen molar-refractivity contribution in [2.45, 2.75) is 83.3 Å². The van der Waals surface area contributed by atoms with E-state index in [1.807, 2.05) is 0 Å². The molecule has 106 valence electrons. The Morgan fingerprint density at radius 2 is 1.67 bits per heavy atom. The molecule has 0 amide bonds. The zero-order chi connectivity index (χ0) is 13.0. The minimum atomic E-state index is 0.684. The van der Waals surface area contributed by atoms with Crippen molar-refractivity contribution in [1.29, 1.82) is 0 Å². The maximum absolute atomic E-state index is 3.77. The average Bonchev–Trinajstić information content (AvgIpc) is 2.89. The van der Waals surface area contributed by atoms with Crippen LogP contribution in [-0.2, 0) is 0 Å². The molecule has 2 fully saturated rings. The van der Waals surface area contributed by atoms with Crippen molar-refractivity contribution < 1.29 is 0 Å². The highest BCUT2D eigenvalue weighted by atomic mass is 15.2. The molecule has 2 aliphatic carbocycles. The summed E-state index contributed by atoms with van der Waals surface area (Å²) in [6, 6.07) is 2.33. The summed E-state index contributed by atoms with van der Waals surface area (Å²) in [4.78, 5) is 2.63. The summed E-state index contributed by atoms with van der Waals surface area (Å²) >= 11 is 0. The van der Waals surface area contributed by atoms with Crippen molar-refractivity contribution in [3.8, 4) is 0 Å². The first-order chi connectivity index (χ1) is 8.66. The molecule has 1 N–H and O–H groups in total. The van der Waals surface area contributed by atoms with Gasteiger partial charge in [-0.2, -0.15) is 0 Å². The second kappa shape index (κ2) is 6.91. The van der Waals surface area contributed by atoms with Crippen molar-refractivity contribution >= 4 is 0 Å². The van der Waals surface area contributed by atoms with Crippen LogP contribution >= 0.6 is 0 Å². The van der Waals surface area contributed by atoms with E-state index in [1.165, 1.54) is 57.9 Å². The maximum Gasteiger partial charge on any atom is 0.0192 e. The molecule has 2 saturated carbocycles. The number of likely N-dealkylation sites (N-methyl/N-ethyl adjacent to an activating group) is 1. The lowest BCUT2D eigenvalue weighted by molar-refractivity contribution is 0.128. The molecule has 0 bridgehead atoms. The number of hydrogen-bond acceptors (Lipinski definition) is 2. The Hall–Kier alpha value is -0.0800. The molecule has 1 unspecified atom stereocenters. The van der Waals surface area contributed by atoms with Crippen molar-refractivity contribution in [1.82, 2.24) is 10.2 Å². The Morgan fingerprint density at radius 3 is 2.28 bits per heavy atom. The zero-order valence-electron chi connectivity index (χ0n) is 12.6. The van der Waals surface area contributed by atoms with Crippen molar-refractivity contribution in [3.05, 3.63) is 0 Å². The molecule has 0 spiro atoms. The van der Waals surface area contributed by atoms with E-state index in [1.54, 1.807) is 0 Å². The summed E-state index contributed by atoms with van der Waals surface area (Å²) in [6.45, 7) is 5.97. The molecular weight excluding hydrogens is 220 g/mol. The molecule has 2 rings (SSSR count). The lowest BCUT2D eigenvalue weighted by atomic mass is 9.86. The van der Waals surface area contributed by atoms with E-state index in [0.29, 0.717) is 6.04 Å². The molecule has 2 nitrogen and oxygen atoms in total. The van der Waals surface area contributed by atoms with E-state index in [4.69, 9.17) is 0 Å². The van der Waals surface area contributed by atoms with Gasteiger partial charge in [-0.05, 0) is 58.4 Å². The van der Waals surface area contributed by atoms with Gasteiger partial charge < -0.3 is 5.32 Å². The van der Waals surface area contributed by atoms with Crippen molar-refractivity contribution in [3.63, 3.8) is 0 Å². The molecule has 0 heterocycles. The van der Waals surface area contributed by atoms with Crippen LogP contribution in [0.5, 0.6) is 0 Å². The lowest BCUT2D eigenvalue weighted by Crippen LogP contribution is -2.46. The Kier molecular flexibility index (Phi) is 5.50. The molecule has 2 aliphatic rings. The highest BCUT2D eigenvalue weighted by molar-refractivity contribution is 4.82. The fourth-order valence-electron chi connectivity index (χ4n) is 3.62. The molecule has 2 heteroatoms. The van der Waals surface area contributed by atoms with Crippen LogP contribution in [0.1, 0.15) is 65.2 Å². The van der Waals surface area contributed by atoms with E-state index in [9.17, 15) is 0 Å². The van der Waals surface area contributed by atoms with Gasteiger partial charge in [0, 0.05) is 24.7 Å². The first-order valence-electron chi connectivity index (χ1n) is 8.12. The first-order valence-corrected chi connectivity index (χ1v) is 8.12. The summed E-state index contributed by atoms with van der Waals surface area (Å²) in [7, 11) is 2.33. The van der Waals surface area contributed by atoms with E-state index in [2.05, 4.69) is 31.1 Å².